The summed E-state index contributed by atoms with van der Waals surface area (Å²) in [5.41, 5.74) is 7.14. The summed E-state index contributed by atoms with van der Waals surface area (Å²) < 4.78 is 7.23. The van der Waals surface area contributed by atoms with E-state index in [2.05, 4.69) is 4.98 Å². The van der Waals surface area contributed by atoms with Gasteiger partial charge in [0.1, 0.15) is 11.6 Å². The lowest BCUT2D eigenvalue weighted by molar-refractivity contribution is 0.0989. The average Bonchev–Trinajstić information content (AvgIpc) is 3.15. The van der Waals surface area contributed by atoms with Crippen LogP contribution in [0.3, 0.4) is 0 Å². The Kier molecular flexibility index (Phi) is 5.80. The van der Waals surface area contributed by atoms with Crippen molar-refractivity contribution in [2.45, 2.75) is 43.7 Å². The molecule has 0 aliphatic heterocycles. The van der Waals surface area contributed by atoms with E-state index in [0.717, 1.165) is 23.6 Å². The number of methoxy groups -OCH3 is 1. The predicted molar refractivity (Wildman–Crippen MR) is 111 cm³/mol. The van der Waals surface area contributed by atoms with Gasteiger partial charge in [0.25, 0.3) is 0 Å². The smallest absolute Gasteiger partial charge is 0.155 e. The number of aliphatic hydroxyl groups is 1. The van der Waals surface area contributed by atoms with Crippen molar-refractivity contribution in [3.8, 4) is 11.6 Å². The van der Waals surface area contributed by atoms with Crippen molar-refractivity contribution in [2.75, 3.05) is 7.11 Å². The second kappa shape index (κ2) is 8.49. The summed E-state index contributed by atoms with van der Waals surface area (Å²) in [5.74, 6) is 3.05. The fourth-order valence-corrected chi connectivity index (χ4v) is 3.92. The molecule has 2 aromatic heterocycles. The number of nitrogens with zero attached hydrogens (tertiary/aromatic N) is 4. The summed E-state index contributed by atoms with van der Waals surface area (Å²) in [4.78, 5) is 9.26. The third kappa shape index (κ3) is 4.27. The molecular formula is C21H24ClN5O2. The van der Waals surface area contributed by atoms with E-state index in [1.54, 1.807) is 24.1 Å². The van der Waals surface area contributed by atoms with Crippen molar-refractivity contribution in [1.29, 1.82) is 0 Å². The highest BCUT2D eigenvalue weighted by Crippen LogP contribution is 2.33. The number of rotatable bonds is 5. The Morgan fingerprint density at radius 2 is 2.07 bits per heavy atom. The first-order valence-electron chi connectivity index (χ1n) is 9.68. The topological polar surface area (TPSA) is 99.1 Å². The standard InChI is InChI=1S/C21H24ClN5O2/c1-29-18-5-3-2-4-13(18)11-19-25-21(14-6-8-17(28)16(23)10-14)27(26-19)20-9-7-15(22)12-24-20/h2-5,7,9,12,14,16-17,28H,6,8,10-11,23H2,1H3/t14-,16+,17+/m0/s1. The van der Waals surface area contributed by atoms with E-state index in [9.17, 15) is 5.11 Å². The molecule has 3 atom stereocenters. The average molecular weight is 414 g/mol. The lowest BCUT2D eigenvalue weighted by Crippen LogP contribution is -2.40. The number of nitrogens with two attached hydrogens (primary N) is 1. The van der Waals surface area contributed by atoms with Crippen LogP contribution in [0.2, 0.25) is 5.02 Å². The Balaban J connectivity index is 1.71. The number of halogens is 1. The van der Waals surface area contributed by atoms with Gasteiger partial charge >= 0.3 is 0 Å². The molecule has 0 bridgehead atoms. The van der Waals surface area contributed by atoms with Gasteiger partial charge in [-0.15, -0.1) is 5.10 Å². The highest BCUT2D eigenvalue weighted by Gasteiger charge is 2.31. The molecule has 1 saturated carbocycles. The first kappa shape index (κ1) is 19.8. The number of aromatic nitrogens is 4. The molecule has 7 nitrogen and oxygen atoms in total. The number of pyridine rings is 1. The third-order valence-electron chi connectivity index (χ3n) is 5.37. The zero-order valence-electron chi connectivity index (χ0n) is 16.2. The van der Waals surface area contributed by atoms with Crippen LogP contribution >= 0.6 is 11.6 Å². The quantitative estimate of drug-likeness (QED) is 0.667. The molecule has 0 radical (unpaired) electrons. The fourth-order valence-electron chi connectivity index (χ4n) is 3.81. The van der Waals surface area contributed by atoms with Gasteiger partial charge < -0.3 is 15.6 Å². The Morgan fingerprint density at radius 1 is 1.24 bits per heavy atom. The van der Waals surface area contributed by atoms with Crippen molar-refractivity contribution in [3.63, 3.8) is 0 Å². The molecule has 1 aliphatic carbocycles. The normalized spacial score (nSPS) is 21.9. The van der Waals surface area contributed by atoms with Crippen LogP contribution in [0.15, 0.2) is 42.6 Å². The number of hydrogen-bond acceptors (Lipinski definition) is 6. The van der Waals surface area contributed by atoms with Gasteiger partial charge in [-0.05, 0) is 37.5 Å². The van der Waals surface area contributed by atoms with Gasteiger partial charge in [0.2, 0.25) is 0 Å². The maximum atomic E-state index is 10.0. The van der Waals surface area contributed by atoms with E-state index in [-0.39, 0.29) is 12.0 Å². The van der Waals surface area contributed by atoms with Gasteiger partial charge in [-0.2, -0.15) is 4.68 Å². The molecule has 3 aromatic rings. The minimum atomic E-state index is -0.468. The zero-order valence-corrected chi connectivity index (χ0v) is 17.0. The molecule has 1 aliphatic rings. The molecular weight excluding hydrogens is 390 g/mol. The van der Waals surface area contributed by atoms with Crippen molar-refractivity contribution < 1.29 is 9.84 Å². The van der Waals surface area contributed by atoms with Crippen LogP contribution in [0.25, 0.3) is 5.82 Å². The van der Waals surface area contributed by atoms with Gasteiger partial charge in [0.15, 0.2) is 11.6 Å². The SMILES string of the molecule is COc1ccccc1Cc1nc([C@H]2CC[C@@H](O)[C@H](N)C2)n(-c2ccc(Cl)cn2)n1. The molecule has 152 valence electrons. The molecule has 0 amide bonds. The van der Waals surface area contributed by atoms with Crippen LogP contribution < -0.4 is 10.5 Å². The van der Waals surface area contributed by atoms with E-state index in [1.165, 1.54) is 0 Å². The Morgan fingerprint density at radius 3 is 2.79 bits per heavy atom. The molecule has 8 heteroatoms. The minimum Gasteiger partial charge on any atom is -0.496 e. The number of aliphatic hydroxyl groups excluding tert-OH is 1. The van der Waals surface area contributed by atoms with Gasteiger partial charge in [-0.3, -0.25) is 0 Å². The number of ether oxygens (including phenoxy) is 1. The molecule has 0 spiro atoms. The van der Waals surface area contributed by atoms with E-state index in [0.29, 0.717) is 35.9 Å². The monoisotopic (exact) mass is 413 g/mol. The lowest BCUT2D eigenvalue weighted by atomic mass is 9.83. The van der Waals surface area contributed by atoms with E-state index < -0.39 is 6.10 Å². The second-order valence-corrected chi connectivity index (χ2v) is 7.80. The maximum Gasteiger partial charge on any atom is 0.155 e. The summed E-state index contributed by atoms with van der Waals surface area (Å²) in [5, 5.41) is 15.3. The predicted octanol–water partition coefficient (Wildman–Crippen LogP) is 2.87. The van der Waals surface area contributed by atoms with Crippen LogP contribution in [0, 0.1) is 0 Å². The molecule has 0 saturated heterocycles. The van der Waals surface area contributed by atoms with E-state index in [1.807, 2.05) is 30.3 Å². The molecule has 1 fully saturated rings. The number of benzene rings is 1. The van der Waals surface area contributed by atoms with Crippen LogP contribution in [-0.2, 0) is 6.42 Å². The Hall–Kier alpha value is -2.48. The molecule has 2 heterocycles. The van der Waals surface area contributed by atoms with Gasteiger partial charge in [0, 0.05) is 30.1 Å². The number of hydrogen-bond donors (Lipinski definition) is 2. The van der Waals surface area contributed by atoms with E-state index in [4.69, 9.17) is 32.2 Å². The molecule has 29 heavy (non-hydrogen) atoms. The fraction of sp³-hybridized carbons (Fsp3) is 0.381. The van der Waals surface area contributed by atoms with E-state index >= 15 is 0 Å². The lowest BCUT2D eigenvalue weighted by Gasteiger charge is -2.30. The summed E-state index contributed by atoms with van der Waals surface area (Å²) in [6, 6.07) is 11.2. The first-order chi connectivity index (χ1) is 14.0. The minimum absolute atomic E-state index is 0.102. The van der Waals surface area contributed by atoms with Crippen LogP contribution in [0.5, 0.6) is 5.75 Å². The van der Waals surface area contributed by atoms with Crippen molar-refractivity contribution in [1.82, 2.24) is 19.7 Å². The summed E-state index contributed by atoms with van der Waals surface area (Å²) in [6.45, 7) is 0. The maximum absolute atomic E-state index is 10.0. The summed E-state index contributed by atoms with van der Waals surface area (Å²) >= 11 is 6.00. The molecule has 4 rings (SSSR count). The van der Waals surface area contributed by atoms with Gasteiger partial charge in [-0.1, -0.05) is 29.8 Å². The highest BCUT2D eigenvalue weighted by molar-refractivity contribution is 6.30. The highest BCUT2D eigenvalue weighted by atomic mass is 35.5. The van der Waals surface area contributed by atoms with Crippen LogP contribution in [0.4, 0.5) is 0 Å². The van der Waals surface area contributed by atoms with Gasteiger partial charge in [-0.25, -0.2) is 9.97 Å². The molecule has 3 N–H and O–H groups in total. The summed E-state index contributed by atoms with van der Waals surface area (Å²) in [6.07, 6.45) is 3.77. The second-order valence-electron chi connectivity index (χ2n) is 7.36. The molecule has 0 unspecified atom stereocenters. The Labute approximate surface area is 174 Å². The number of para-hydroxylation sites is 1. The van der Waals surface area contributed by atoms with Crippen molar-refractivity contribution in [3.05, 3.63) is 64.8 Å². The van der Waals surface area contributed by atoms with Gasteiger partial charge in [0.05, 0.1) is 18.2 Å². The van der Waals surface area contributed by atoms with Crippen LogP contribution in [0.1, 0.15) is 42.4 Å². The molecule has 1 aromatic carbocycles. The first-order valence-corrected chi connectivity index (χ1v) is 10.1. The third-order valence-corrected chi connectivity index (χ3v) is 5.60. The van der Waals surface area contributed by atoms with Crippen molar-refractivity contribution in [2.24, 2.45) is 5.73 Å². The van der Waals surface area contributed by atoms with Crippen LogP contribution in [-0.4, -0.2) is 44.1 Å². The van der Waals surface area contributed by atoms with Crippen molar-refractivity contribution >= 4 is 11.6 Å². The Bertz CT molecular complexity index is 975. The largest absolute Gasteiger partial charge is 0.496 e. The zero-order chi connectivity index (χ0) is 20.4. The summed E-state index contributed by atoms with van der Waals surface area (Å²) in [7, 11) is 1.66.